The van der Waals surface area contributed by atoms with Crippen LogP contribution in [0.15, 0.2) is 48.8 Å². The van der Waals surface area contributed by atoms with Gasteiger partial charge in [0, 0.05) is 26.0 Å². The number of benzene rings is 1. The first-order valence-corrected chi connectivity index (χ1v) is 6.25. The maximum absolute atomic E-state index is 12.0. The summed E-state index contributed by atoms with van der Waals surface area (Å²) in [6.07, 6.45) is 3.55. The smallest absolute Gasteiger partial charge is 0.246 e. The molecule has 0 bridgehead atoms. The fourth-order valence-corrected chi connectivity index (χ4v) is 2.35. The summed E-state index contributed by atoms with van der Waals surface area (Å²) in [4.78, 5) is 19.9. The van der Waals surface area contributed by atoms with E-state index in [1.165, 1.54) is 0 Å². The minimum atomic E-state index is 0.118. The standard InChI is InChI=1S/C15H15N3O/c1-17-13-4-2-3-5-14(13)18(11-15(17)19)10-12-6-8-16-9-7-12/h2-9H,10-11H2,1H3. The molecule has 96 valence electrons. The van der Waals surface area contributed by atoms with E-state index >= 15 is 0 Å². The molecular weight excluding hydrogens is 238 g/mol. The van der Waals surface area contributed by atoms with Crippen molar-refractivity contribution < 1.29 is 4.79 Å². The molecule has 1 aliphatic heterocycles. The van der Waals surface area contributed by atoms with Crippen molar-refractivity contribution in [3.8, 4) is 0 Å². The molecule has 0 unspecified atom stereocenters. The van der Waals surface area contributed by atoms with Crippen LogP contribution in [0.25, 0.3) is 0 Å². The number of carbonyl (C=O) groups is 1. The lowest BCUT2D eigenvalue weighted by Crippen LogP contribution is -2.43. The average molecular weight is 253 g/mol. The summed E-state index contributed by atoms with van der Waals surface area (Å²) in [5, 5.41) is 0. The number of anilines is 2. The summed E-state index contributed by atoms with van der Waals surface area (Å²) in [5.41, 5.74) is 3.22. The van der Waals surface area contributed by atoms with Crippen molar-refractivity contribution in [1.82, 2.24) is 4.98 Å². The van der Waals surface area contributed by atoms with Gasteiger partial charge in [-0.3, -0.25) is 9.78 Å². The van der Waals surface area contributed by atoms with Crippen molar-refractivity contribution in [2.24, 2.45) is 0 Å². The number of likely N-dealkylation sites (N-methyl/N-ethyl adjacent to an activating group) is 1. The number of para-hydroxylation sites is 2. The van der Waals surface area contributed by atoms with Gasteiger partial charge in [-0.2, -0.15) is 0 Å². The average Bonchev–Trinajstić information content (AvgIpc) is 2.46. The quantitative estimate of drug-likeness (QED) is 0.822. The molecule has 4 heteroatoms. The molecule has 3 rings (SSSR count). The maximum Gasteiger partial charge on any atom is 0.246 e. The summed E-state index contributed by atoms with van der Waals surface area (Å²) >= 11 is 0. The summed E-state index contributed by atoms with van der Waals surface area (Å²) in [6.45, 7) is 1.13. The van der Waals surface area contributed by atoms with Crippen LogP contribution in [0.1, 0.15) is 5.56 Å². The van der Waals surface area contributed by atoms with E-state index in [1.807, 2.05) is 37.4 Å². The van der Waals surface area contributed by atoms with Gasteiger partial charge in [0.25, 0.3) is 0 Å². The molecule has 19 heavy (non-hydrogen) atoms. The van der Waals surface area contributed by atoms with Crippen molar-refractivity contribution >= 4 is 17.3 Å². The van der Waals surface area contributed by atoms with E-state index in [-0.39, 0.29) is 5.91 Å². The van der Waals surface area contributed by atoms with Crippen LogP contribution in [0.4, 0.5) is 11.4 Å². The highest BCUT2D eigenvalue weighted by Gasteiger charge is 2.25. The van der Waals surface area contributed by atoms with Crippen LogP contribution in [0.3, 0.4) is 0 Å². The third kappa shape index (κ3) is 2.17. The molecular formula is C15H15N3O. The van der Waals surface area contributed by atoms with Crippen molar-refractivity contribution in [2.75, 3.05) is 23.4 Å². The number of fused-ring (bicyclic) bond motifs is 1. The van der Waals surface area contributed by atoms with E-state index in [0.717, 1.165) is 23.5 Å². The second-order valence-electron chi connectivity index (χ2n) is 4.65. The fraction of sp³-hybridized carbons (Fsp3) is 0.200. The zero-order valence-electron chi connectivity index (χ0n) is 10.8. The molecule has 4 nitrogen and oxygen atoms in total. The highest BCUT2D eigenvalue weighted by atomic mass is 16.2. The normalized spacial score (nSPS) is 14.5. The summed E-state index contributed by atoms with van der Waals surface area (Å²) in [6, 6.07) is 11.9. The Labute approximate surface area is 112 Å². The van der Waals surface area contributed by atoms with Crippen LogP contribution >= 0.6 is 0 Å². The zero-order valence-corrected chi connectivity index (χ0v) is 10.8. The van der Waals surface area contributed by atoms with Gasteiger partial charge in [-0.05, 0) is 29.8 Å². The molecule has 1 aromatic heterocycles. The molecule has 0 atom stereocenters. The van der Waals surface area contributed by atoms with Gasteiger partial charge < -0.3 is 9.80 Å². The van der Waals surface area contributed by atoms with Gasteiger partial charge in [-0.1, -0.05) is 12.1 Å². The van der Waals surface area contributed by atoms with Crippen molar-refractivity contribution in [3.05, 3.63) is 54.4 Å². The van der Waals surface area contributed by atoms with Gasteiger partial charge in [-0.15, -0.1) is 0 Å². The second-order valence-corrected chi connectivity index (χ2v) is 4.65. The van der Waals surface area contributed by atoms with Gasteiger partial charge in [0.05, 0.1) is 17.9 Å². The highest BCUT2D eigenvalue weighted by molar-refractivity contribution is 6.02. The Balaban J connectivity index is 1.95. The maximum atomic E-state index is 12.0. The summed E-state index contributed by atoms with van der Waals surface area (Å²) in [5.74, 6) is 0.118. The molecule has 1 aliphatic rings. The molecule has 0 fully saturated rings. The number of pyridine rings is 1. The molecule has 2 heterocycles. The predicted octanol–water partition coefficient (Wildman–Crippen LogP) is 2.06. The molecule has 2 aromatic rings. The van der Waals surface area contributed by atoms with E-state index in [0.29, 0.717) is 6.54 Å². The van der Waals surface area contributed by atoms with Crippen LogP contribution in [0.5, 0.6) is 0 Å². The van der Waals surface area contributed by atoms with Gasteiger partial charge in [0.1, 0.15) is 0 Å². The number of aromatic nitrogens is 1. The van der Waals surface area contributed by atoms with E-state index in [4.69, 9.17) is 0 Å². The Morgan fingerprint density at radius 2 is 1.79 bits per heavy atom. The van der Waals surface area contributed by atoms with E-state index in [9.17, 15) is 4.79 Å². The number of amides is 1. The Bertz CT molecular complexity index is 597. The van der Waals surface area contributed by atoms with Crippen LogP contribution in [0.2, 0.25) is 0 Å². The van der Waals surface area contributed by atoms with E-state index in [1.54, 1.807) is 17.3 Å². The van der Waals surface area contributed by atoms with Crippen LogP contribution in [-0.2, 0) is 11.3 Å². The molecule has 0 saturated carbocycles. The monoisotopic (exact) mass is 253 g/mol. The molecule has 0 N–H and O–H groups in total. The van der Waals surface area contributed by atoms with Gasteiger partial charge in [0.15, 0.2) is 0 Å². The van der Waals surface area contributed by atoms with Crippen molar-refractivity contribution in [1.29, 1.82) is 0 Å². The molecule has 1 aromatic carbocycles. The number of carbonyl (C=O) groups excluding carboxylic acids is 1. The molecule has 1 amide bonds. The van der Waals surface area contributed by atoms with Crippen LogP contribution < -0.4 is 9.80 Å². The van der Waals surface area contributed by atoms with E-state index < -0.39 is 0 Å². The van der Waals surface area contributed by atoms with Crippen molar-refractivity contribution in [3.63, 3.8) is 0 Å². The first-order valence-electron chi connectivity index (χ1n) is 6.25. The minimum absolute atomic E-state index is 0.118. The third-order valence-electron chi connectivity index (χ3n) is 3.41. The first-order chi connectivity index (χ1) is 9.25. The van der Waals surface area contributed by atoms with Gasteiger partial charge in [-0.25, -0.2) is 0 Å². The molecule has 0 aliphatic carbocycles. The lowest BCUT2D eigenvalue weighted by atomic mass is 10.1. The zero-order chi connectivity index (χ0) is 13.2. The highest BCUT2D eigenvalue weighted by Crippen LogP contribution is 2.33. The SMILES string of the molecule is CN1C(=O)CN(Cc2ccncc2)c2ccccc21. The van der Waals surface area contributed by atoms with E-state index in [2.05, 4.69) is 16.0 Å². The van der Waals surface area contributed by atoms with Crippen LogP contribution in [-0.4, -0.2) is 24.5 Å². The van der Waals surface area contributed by atoms with Crippen molar-refractivity contribution in [2.45, 2.75) is 6.54 Å². The summed E-state index contributed by atoms with van der Waals surface area (Å²) in [7, 11) is 1.82. The predicted molar refractivity (Wildman–Crippen MR) is 75.1 cm³/mol. The molecule has 0 saturated heterocycles. The summed E-state index contributed by atoms with van der Waals surface area (Å²) < 4.78 is 0. The Morgan fingerprint density at radius 1 is 1.11 bits per heavy atom. The Kier molecular flexibility index (Phi) is 2.91. The molecule has 0 spiro atoms. The Hall–Kier alpha value is -2.36. The Morgan fingerprint density at radius 3 is 2.53 bits per heavy atom. The number of hydrogen-bond donors (Lipinski definition) is 0. The fourth-order valence-electron chi connectivity index (χ4n) is 2.35. The lowest BCUT2D eigenvalue weighted by Gasteiger charge is -2.35. The third-order valence-corrected chi connectivity index (χ3v) is 3.41. The van der Waals surface area contributed by atoms with Crippen LogP contribution in [0, 0.1) is 0 Å². The largest absolute Gasteiger partial charge is 0.356 e. The number of rotatable bonds is 2. The van der Waals surface area contributed by atoms with Gasteiger partial charge in [0.2, 0.25) is 5.91 Å². The minimum Gasteiger partial charge on any atom is -0.356 e. The number of hydrogen-bond acceptors (Lipinski definition) is 3. The molecule has 0 radical (unpaired) electrons. The second kappa shape index (κ2) is 4.72. The first kappa shape index (κ1) is 11.7. The van der Waals surface area contributed by atoms with Gasteiger partial charge >= 0.3 is 0 Å². The number of nitrogens with zero attached hydrogens (tertiary/aromatic N) is 3. The lowest BCUT2D eigenvalue weighted by molar-refractivity contribution is -0.117. The topological polar surface area (TPSA) is 36.4 Å².